The van der Waals surface area contributed by atoms with E-state index in [-0.39, 0.29) is 72.5 Å². The molecule has 2 unspecified atom stereocenters. The van der Waals surface area contributed by atoms with Gasteiger partial charge in [-0.2, -0.15) is 0 Å². The molecule has 1 saturated carbocycles. The molecule has 1 aliphatic heterocycles. The lowest BCUT2D eigenvalue weighted by Crippen LogP contribution is -2.56. The second kappa shape index (κ2) is 18.9. The number of rotatable bonds is 20. The molecule has 2 amide bonds. The molecule has 7 atom stereocenters. The van der Waals surface area contributed by atoms with E-state index in [1.165, 1.54) is 18.6 Å². The van der Waals surface area contributed by atoms with Crippen LogP contribution < -0.4 is 5.32 Å². The second-order valence-electron chi connectivity index (χ2n) is 15.5. The van der Waals surface area contributed by atoms with Crippen molar-refractivity contribution in [3.8, 4) is 0 Å². The van der Waals surface area contributed by atoms with Crippen molar-refractivity contribution in [2.75, 3.05) is 6.54 Å². The third-order valence-electron chi connectivity index (χ3n) is 11.0. The Labute approximate surface area is 311 Å². The van der Waals surface area contributed by atoms with Crippen LogP contribution in [0.15, 0.2) is 48.9 Å². The van der Waals surface area contributed by atoms with E-state index in [9.17, 15) is 38.7 Å². The van der Waals surface area contributed by atoms with Gasteiger partial charge in [0.15, 0.2) is 17.3 Å². The predicted molar refractivity (Wildman–Crippen MR) is 196 cm³/mol. The number of nitrogens with one attached hydrogen (secondary N) is 1. The van der Waals surface area contributed by atoms with Gasteiger partial charge in [-0.3, -0.25) is 38.5 Å². The van der Waals surface area contributed by atoms with Gasteiger partial charge in [-0.05, 0) is 54.9 Å². The van der Waals surface area contributed by atoms with Gasteiger partial charge in [-0.15, -0.1) is 0 Å². The Hall–Kier alpha value is -4.61. The standard InChI is InChI=1S/C41H54N4O8/c1-6-11-27(38(49)35(48)20-29(41(52)53)18-26-12-8-7-9-13-26)19-34(47)37-30-15-10-14-28(30)23-45(37)40(51)36(25(4)5)44-39(50)31(24(2)3)21-33(46)32-22-42-16-17-43-32/h7-9,12-13,16-17,22,24-25,27-31,36-37H,6,10-11,14-15,18-21,23H2,1-5H3,(H,44,50)(H,52,53)/t27?,28-,29-,30-,31+,36-,37?/m0/s1. The Morgan fingerprint density at radius 1 is 0.906 bits per heavy atom. The Morgan fingerprint density at radius 2 is 1.62 bits per heavy atom. The molecule has 0 radical (unpaired) electrons. The topological polar surface area (TPSA) is 181 Å². The number of hydrogen-bond acceptors (Lipinski definition) is 9. The third kappa shape index (κ3) is 10.5. The molecule has 12 nitrogen and oxygen atoms in total. The molecular formula is C41H54N4O8. The van der Waals surface area contributed by atoms with Crippen molar-refractivity contribution in [1.82, 2.24) is 20.2 Å². The number of amides is 2. The zero-order valence-electron chi connectivity index (χ0n) is 31.5. The number of aliphatic carboxylic acids is 1. The molecule has 2 N–H and O–H groups in total. The fourth-order valence-electron chi connectivity index (χ4n) is 8.01. The lowest BCUT2D eigenvalue weighted by atomic mass is 9.83. The second-order valence-corrected chi connectivity index (χ2v) is 15.5. The van der Waals surface area contributed by atoms with E-state index in [0.29, 0.717) is 13.0 Å². The number of fused-ring (bicyclic) bond motifs is 1. The summed E-state index contributed by atoms with van der Waals surface area (Å²) in [6, 6.07) is 7.14. The number of nitrogens with zero attached hydrogens (tertiary/aromatic N) is 3. The minimum atomic E-state index is -1.17. The normalized spacial score (nSPS) is 20.4. The SMILES string of the molecule is CCCC(CC(=O)C1[C@H]2CCC[C@H]2CN1C(=O)[C@@H](NC(=O)[C@H](CC(=O)c1cnccn1)C(C)C)C(C)C)C(=O)C(=O)C[C@H](Cc1ccccc1)C(=O)O. The van der Waals surface area contributed by atoms with Crippen LogP contribution in [0.5, 0.6) is 0 Å². The van der Waals surface area contributed by atoms with Crippen molar-refractivity contribution in [2.24, 2.45) is 41.4 Å². The van der Waals surface area contributed by atoms with Gasteiger partial charge in [-0.25, -0.2) is 4.98 Å². The van der Waals surface area contributed by atoms with E-state index in [4.69, 9.17) is 0 Å². The number of carbonyl (C=O) groups excluding carboxylic acids is 6. The maximum atomic E-state index is 14.4. The molecule has 1 aromatic heterocycles. The fourth-order valence-corrected chi connectivity index (χ4v) is 8.01. The van der Waals surface area contributed by atoms with Gasteiger partial charge < -0.3 is 15.3 Å². The average molecular weight is 731 g/mol. The Balaban J connectivity index is 1.50. The lowest BCUT2D eigenvalue weighted by molar-refractivity contribution is -0.147. The van der Waals surface area contributed by atoms with E-state index in [1.807, 2.05) is 40.7 Å². The number of carboxylic acid groups (broad SMARTS) is 1. The van der Waals surface area contributed by atoms with Crippen molar-refractivity contribution >= 4 is 40.9 Å². The Morgan fingerprint density at radius 3 is 2.23 bits per heavy atom. The number of likely N-dealkylation sites (tertiary alicyclic amines) is 1. The summed E-state index contributed by atoms with van der Waals surface area (Å²) in [6.45, 7) is 9.50. The Bertz CT molecular complexity index is 1630. The quantitative estimate of drug-likeness (QED) is 0.140. The molecule has 1 aromatic carbocycles. The first kappa shape index (κ1) is 41.2. The molecular weight excluding hydrogens is 676 g/mol. The summed E-state index contributed by atoms with van der Waals surface area (Å²) in [4.78, 5) is 104. The van der Waals surface area contributed by atoms with Crippen molar-refractivity contribution in [2.45, 2.75) is 104 Å². The number of ketones is 4. The van der Waals surface area contributed by atoms with Crippen LogP contribution in [0.4, 0.5) is 0 Å². The predicted octanol–water partition coefficient (Wildman–Crippen LogP) is 4.94. The van der Waals surface area contributed by atoms with E-state index in [2.05, 4.69) is 15.3 Å². The number of carbonyl (C=O) groups is 7. The smallest absolute Gasteiger partial charge is 0.307 e. The van der Waals surface area contributed by atoms with Crippen LogP contribution in [-0.2, 0) is 35.2 Å². The number of carboxylic acids is 1. The highest BCUT2D eigenvalue weighted by Crippen LogP contribution is 2.43. The molecule has 4 rings (SSSR count). The monoisotopic (exact) mass is 730 g/mol. The summed E-state index contributed by atoms with van der Waals surface area (Å²) in [5, 5.41) is 12.8. The van der Waals surface area contributed by atoms with Crippen LogP contribution in [0, 0.1) is 41.4 Å². The maximum Gasteiger partial charge on any atom is 0.307 e. The van der Waals surface area contributed by atoms with Gasteiger partial charge in [0.05, 0.1) is 18.2 Å². The summed E-state index contributed by atoms with van der Waals surface area (Å²) in [7, 11) is 0. The van der Waals surface area contributed by atoms with Crippen LogP contribution >= 0.6 is 0 Å². The first-order chi connectivity index (χ1) is 25.2. The molecule has 286 valence electrons. The maximum absolute atomic E-state index is 14.4. The molecule has 0 bridgehead atoms. The summed E-state index contributed by atoms with van der Waals surface area (Å²) in [5.41, 5.74) is 0.895. The van der Waals surface area contributed by atoms with Gasteiger partial charge >= 0.3 is 5.97 Å². The molecule has 2 aromatic rings. The van der Waals surface area contributed by atoms with Crippen molar-refractivity contribution in [1.29, 1.82) is 0 Å². The molecule has 2 heterocycles. The first-order valence-electron chi connectivity index (χ1n) is 19.0. The molecule has 2 aliphatic rings. The minimum Gasteiger partial charge on any atom is -0.481 e. The van der Waals surface area contributed by atoms with Gasteiger partial charge in [0.1, 0.15) is 11.7 Å². The van der Waals surface area contributed by atoms with Gasteiger partial charge in [-0.1, -0.05) is 77.8 Å². The number of aromatic nitrogens is 2. The summed E-state index contributed by atoms with van der Waals surface area (Å²) in [6.07, 6.45) is 6.82. The van der Waals surface area contributed by atoms with Crippen LogP contribution in [-0.4, -0.2) is 79.5 Å². The first-order valence-corrected chi connectivity index (χ1v) is 19.0. The van der Waals surface area contributed by atoms with Gasteiger partial charge in [0.25, 0.3) is 0 Å². The molecule has 1 saturated heterocycles. The van der Waals surface area contributed by atoms with E-state index in [1.54, 1.807) is 29.2 Å². The third-order valence-corrected chi connectivity index (χ3v) is 11.0. The van der Waals surface area contributed by atoms with Crippen LogP contribution in [0.1, 0.15) is 102 Å². The van der Waals surface area contributed by atoms with E-state index >= 15 is 0 Å². The number of Topliss-reactive ketones (excluding diaryl/α,β-unsaturated/α-hetero) is 4. The van der Waals surface area contributed by atoms with Crippen molar-refractivity contribution in [3.05, 3.63) is 60.2 Å². The fraction of sp³-hybridized carbons (Fsp3) is 0.585. The minimum absolute atomic E-state index is 0.0955. The average Bonchev–Trinajstić information content (AvgIpc) is 3.74. The molecule has 53 heavy (non-hydrogen) atoms. The van der Waals surface area contributed by atoms with Gasteiger partial charge in [0.2, 0.25) is 17.6 Å². The summed E-state index contributed by atoms with van der Waals surface area (Å²) in [5.74, 6) is -7.49. The largest absolute Gasteiger partial charge is 0.481 e. The van der Waals surface area contributed by atoms with Crippen LogP contribution in [0.25, 0.3) is 0 Å². The summed E-state index contributed by atoms with van der Waals surface area (Å²) >= 11 is 0. The molecule has 12 heteroatoms. The Kier molecular flexibility index (Phi) is 14.7. The highest BCUT2D eigenvalue weighted by Gasteiger charge is 2.51. The number of benzene rings is 1. The van der Waals surface area contributed by atoms with E-state index < -0.39 is 59.7 Å². The molecule has 1 aliphatic carbocycles. The van der Waals surface area contributed by atoms with Gasteiger partial charge in [0, 0.05) is 50.0 Å². The highest BCUT2D eigenvalue weighted by atomic mass is 16.4. The van der Waals surface area contributed by atoms with E-state index in [0.717, 1.165) is 24.8 Å². The highest BCUT2D eigenvalue weighted by molar-refractivity contribution is 6.38. The number of hydrogen-bond donors (Lipinski definition) is 2. The zero-order valence-corrected chi connectivity index (χ0v) is 31.5. The zero-order chi connectivity index (χ0) is 38.8. The molecule has 2 fully saturated rings. The van der Waals surface area contributed by atoms with Crippen molar-refractivity contribution < 1.29 is 38.7 Å². The lowest BCUT2D eigenvalue weighted by Gasteiger charge is -2.33. The van der Waals surface area contributed by atoms with Crippen LogP contribution in [0.3, 0.4) is 0 Å². The summed E-state index contributed by atoms with van der Waals surface area (Å²) < 4.78 is 0. The molecule has 0 spiro atoms. The van der Waals surface area contributed by atoms with Crippen molar-refractivity contribution in [3.63, 3.8) is 0 Å². The van der Waals surface area contributed by atoms with Crippen LogP contribution in [0.2, 0.25) is 0 Å².